The Morgan fingerprint density at radius 1 is 1.00 bits per heavy atom. The normalized spacial score (nSPS) is 17.8. The van der Waals surface area contributed by atoms with Gasteiger partial charge in [-0.15, -0.1) is 0 Å². The smallest absolute Gasteiger partial charge is 0.299 e. The number of ether oxygens (including phenoxy) is 1. The van der Waals surface area contributed by atoms with Crippen molar-refractivity contribution < 1.29 is 9.15 Å². The lowest BCUT2D eigenvalue weighted by molar-refractivity contribution is 0.210. The van der Waals surface area contributed by atoms with Crippen molar-refractivity contribution in [1.29, 1.82) is 0 Å². The SMILES string of the molecule is CN1CCN(c2ccc(Nc3ncc(-c4cccc(OC5CCCC5)c4)o3)cn2)CC1. The summed E-state index contributed by atoms with van der Waals surface area (Å²) >= 11 is 0. The van der Waals surface area contributed by atoms with Crippen LogP contribution < -0.4 is 15.0 Å². The number of aromatic nitrogens is 2. The van der Waals surface area contributed by atoms with E-state index in [1.54, 1.807) is 6.20 Å². The number of hydrogen-bond donors (Lipinski definition) is 1. The summed E-state index contributed by atoms with van der Waals surface area (Å²) in [5, 5.41) is 3.21. The van der Waals surface area contributed by atoms with Crippen LogP contribution in [-0.4, -0.2) is 54.2 Å². The molecule has 1 saturated carbocycles. The molecule has 0 spiro atoms. The highest BCUT2D eigenvalue weighted by atomic mass is 16.5. The average Bonchev–Trinajstić information content (AvgIpc) is 3.48. The predicted molar refractivity (Wildman–Crippen MR) is 122 cm³/mol. The molecule has 1 saturated heterocycles. The van der Waals surface area contributed by atoms with Crippen molar-refractivity contribution in [2.45, 2.75) is 31.8 Å². The molecule has 2 aromatic heterocycles. The van der Waals surface area contributed by atoms with E-state index in [-0.39, 0.29) is 0 Å². The van der Waals surface area contributed by atoms with E-state index in [1.165, 1.54) is 12.8 Å². The molecule has 0 atom stereocenters. The van der Waals surface area contributed by atoms with Crippen LogP contribution in [0, 0.1) is 0 Å². The van der Waals surface area contributed by atoms with Gasteiger partial charge in [-0.3, -0.25) is 0 Å². The highest BCUT2D eigenvalue weighted by Gasteiger charge is 2.17. The summed E-state index contributed by atoms with van der Waals surface area (Å²) in [6, 6.07) is 12.5. The fourth-order valence-corrected chi connectivity index (χ4v) is 4.19. The van der Waals surface area contributed by atoms with Crippen LogP contribution >= 0.6 is 0 Å². The molecule has 0 bridgehead atoms. The van der Waals surface area contributed by atoms with Crippen molar-refractivity contribution >= 4 is 17.5 Å². The number of likely N-dealkylation sites (N-methyl/N-ethyl adjacent to an activating group) is 1. The van der Waals surface area contributed by atoms with E-state index in [0.717, 1.165) is 61.8 Å². The molecule has 2 fully saturated rings. The minimum absolute atomic E-state index is 0.337. The van der Waals surface area contributed by atoms with Gasteiger partial charge in [-0.25, -0.2) is 9.97 Å². The average molecular weight is 420 g/mol. The van der Waals surface area contributed by atoms with Crippen molar-refractivity contribution in [1.82, 2.24) is 14.9 Å². The van der Waals surface area contributed by atoms with E-state index in [1.807, 2.05) is 42.6 Å². The van der Waals surface area contributed by atoms with Crippen LogP contribution in [0.2, 0.25) is 0 Å². The van der Waals surface area contributed by atoms with Crippen molar-refractivity contribution in [3.63, 3.8) is 0 Å². The Kier molecular flexibility index (Phi) is 5.76. The number of oxazole rings is 1. The summed E-state index contributed by atoms with van der Waals surface area (Å²) < 4.78 is 12.0. The van der Waals surface area contributed by atoms with Gasteiger partial charge in [0, 0.05) is 31.7 Å². The largest absolute Gasteiger partial charge is 0.490 e. The summed E-state index contributed by atoms with van der Waals surface area (Å²) in [7, 11) is 2.15. The fourth-order valence-electron chi connectivity index (χ4n) is 4.19. The van der Waals surface area contributed by atoms with Crippen molar-refractivity contribution in [2.75, 3.05) is 43.4 Å². The first kappa shape index (κ1) is 19.9. The van der Waals surface area contributed by atoms with Gasteiger partial charge in [-0.05, 0) is 57.0 Å². The fraction of sp³-hybridized carbons (Fsp3) is 0.417. The molecule has 3 aromatic rings. The number of hydrogen-bond acceptors (Lipinski definition) is 7. The van der Waals surface area contributed by atoms with Crippen LogP contribution in [0.5, 0.6) is 5.75 Å². The Labute approximate surface area is 183 Å². The van der Waals surface area contributed by atoms with Crippen LogP contribution in [0.4, 0.5) is 17.5 Å². The molecule has 162 valence electrons. The van der Waals surface area contributed by atoms with Crippen LogP contribution in [0.3, 0.4) is 0 Å². The van der Waals surface area contributed by atoms with Crippen molar-refractivity contribution in [3.8, 4) is 17.1 Å². The molecule has 1 N–H and O–H groups in total. The first-order valence-electron chi connectivity index (χ1n) is 11.1. The third kappa shape index (κ3) is 4.82. The molecule has 2 aliphatic rings. The Morgan fingerprint density at radius 2 is 1.84 bits per heavy atom. The molecule has 7 heteroatoms. The highest BCUT2D eigenvalue weighted by Crippen LogP contribution is 2.30. The van der Waals surface area contributed by atoms with Crippen LogP contribution in [0.15, 0.2) is 53.2 Å². The lowest BCUT2D eigenvalue weighted by Gasteiger charge is -2.33. The minimum atomic E-state index is 0.337. The van der Waals surface area contributed by atoms with Gasteiger partial charge >= 0.3 is 0 Å². The van der Waals surface area contributed by atoms with Gasteiger partial charge in [0.25, 0.3) is 6.01 Å². The third-order valence-corrected chi connectivity index (χ3v) is 6.06. The Balaban J connectivity index is 1.23. The lowest BCUT2D eigenvalue weighted by Crippen LogP contribution is -2.44. The van der Waals surface area contributed by atoms with E-state index in [9.17, 15) is 0 Å². The topological polar surface area (TPSA) is 66.7 Å². The number of piperazine rings is 1. The second-order valence-corrected chi connectivity index (χ2v) is 8.40. The zero-order valence-electron chi connectivity index (χ0n) is 18.0. The zero-order valence-corrected chi connectivity index (χ0v) is 18.0. The molecule has 31 heavy (non-hydrogen) atoms. The standard InChI is InChI=1S/C24H29N5O2/c1-28-11-13-29(14-12-28)23-10-9-19(16-25-23)27-24-26-17-22(31-24)18-5-4-8-21(15-18)30-20-6-2-3-7-20/h4-5,8-10,15-17,20H,2-3,6-7,11-14H2,1H3,(H,26,27). The predicted octanol–water partition coefficient (Wildman–Crippen LogP) is 4.55. The van der Waals surface area contributed by atoms with Gasteiger partial charge in [-0.1, -0.05) is 12.1 Å². The molecule has 0 unspecified atom stereocenters. The zero-order chi connectivity index (χ0) is 21.0. The number of pyridine rings is 1. The molecule has 1 aliphatic carbocycles. The molecule has 5 rings (SSSR count). The molecular weight excluding hydrogens is 390 g/mol. The van der Waals surface area contributed by atoms with E-state index in [2.05, 4.69) is 32.1 Å². The van der Waals surface area contributed by atoms with Crippen molar-refractivity contribution in [2.24, 2.45) is 0 Å². The van der Waals surface area contributed by atoms with Crippen LogP contribution in [0.1, 0.15) is 25.7 Å². The molecular formula is C24H29N5O2. The van der Waals surface area contributed by atoms with Gasteiger partial charge < -0.3 is 24.3 Å². The van der Waals surface area contributed by atoms with Crippen LogP contribution in [-0.2, 0) is 0 Å². The maximum Gasteiger partial charge on any atom is 0.299 e. The lowest BCUT2D eigenvalue weighted by atomic mass is 10.2. The maximum atomic E-state index is 6.11. The number of benzene rings is 1. The monoisotopic (exact) mass is 419 g/mol. The molecule has 1 aromatic carbocycles. The molecule has 0 radical (unpaired) electrons. The van der Waals surface area contributed by atoms with Gasteiger partial charge in [0.2, 0.25) is 0 Å². The summed E-state index contributed by atoms with van der Waals surface area (Å²) in [4.78, 5) is 13.6. The second kappa shape index (κ2) is 8.98. The molecule has 7 nitrogen and oxygen atoms in total. The summed E-state index contributed by atoms with van der Waals surface area (Å²) in [5.41, 5.74) is 1.81. The number of anilines is 3. The summed E-state index contributed by atoms with van der Waals surface area (Å²) in [5.74, 6) is 2.60. The Morgan fingerprint density at radius 3 is 2.61 bits per heavy atom. The van der Waals surface area contributed by atoms with Gasteiger partial charge in [0.15, 0.2) is 5.76 Å². The summed E-state index contributed by atoms with van der Waals surface area (Å²) in [6.45, 7) is 4.13. The molecule has 0 amide bonds. The quantitative estimate of drug-likeness (QED) is 0.628. The molecule has 1 aliphatic heterocycles. The number of nitrogens with zero attached hydrogens (tertiary/aromatic N) is 4. The van der Waals surface area contributed by atoms with E-state index in [0.29, 0.717) is 17.9 Å². The minimum Gasteiger partial charge on any atom is -0.490 e. The Bertz CT molecular complexity index is 989. The Hall–Kier alpha value is -3.06. The van der Waals surface area contributed by atoms with Crippen LogP contribution in [0.25, 0.3) is 11.3 Å². The van der Waals surface area contributed by atoms with Gasteiger partial charge in [-0.2, -0.15) is 0 Å². The van der Waals surface area contributed by atoms with E-state index >= 15 is 0 Å². The van der Waals surface area contributed by atoms with E-state index in [4.69, 9.17) is 9.15 Å². The first-order chi connectivity index (χ1) is 15.2. The second-order valence-electron chi connectivity index (χ2n) is 8.40. The highest BCUT2D eigenvalue weighted by molar-refractivity contribution is 5.61. The summed E-state index contributed by atoms with van der Waals surface area (Å²) in [6.07, 6.45) is 8.70. The maximum absolute atomic E-state index is 6.11. The van der Waals surface area contributed by atoms with Crippen molar-refractivity contribution in [3.05, 3.63) is 48.8 Å². The first-order valence-corrected chi connectivity index (χ1v) is 11.1. The van der Waals surface area contributed by atoms with E-state index < -0.39 is 0 Å². The number of rotatable bonds is 6. The molecule has 3 heterocycles. The number of nitrogens with one attached hydrogen (secondary N) is 1. The van der Waals surface area contributed by atoms with Gasteiger partial charge in [0.1, 0.15) is 11.6 Å². The van der Waals surface area contributed by atoms with Gasteiger partial charge in [0.05, 0.1) is 24.2 Å². The third-order valence-electron chi connectivity index (χ3n) is 6.06.